The average Bonchev–Trinajstić information content (AvgIpc) is 2.70. The lowest BCUT2D eigenvalue weighted by atomic mass is 9.90. The average molecular weight is 424 g/mol. The fourth-order valence-electron chi connectivity index (χ4n) is 3.61. The van der Waals surface area contributed by atoms with Gasteiger partial charge in [0.1, 0.15) is 11.4 Å². The van der Waals surface area contributed by atoms with Crippen molar-refractivity contribution in [2.75, 3.05) is 12.4 Å². The minimum absolute atomic E-state index is 0.0935. The summed E-state index contributed by atoms with van der Waals surface area (Å²) in [7, 11) is 1.77. The standard InChI is InChI=1S/C24H33N5O2/c1-16(2)27-23(30)28-18-12-10-17(11-13-18)15-26-22(25-5)29-20-14-24(3,4)31-21-9-7-6-8-19(20)21/h6-13,16,20H,14-15H2,1-5H3,(H2,25,26,29)(H2,27,28,30). The molecule has 0 saturated carbocycles. The van der Waals surface area contributed by atoms with Crippen molar-refractivity contribution in [1.82, 2.24) is 16.0 Å². The highest BCUT2D eigenvalue weighted by molar-refractivity contribution is 5.89. The number of ether oxygens (including phenoxy) is 1. The minimum atomic E-state index is -0.254. The Morgan fingerprint density at radius 2 is 1.87 bits per heavy atom. The van der Waals surface area contributed by atoms with Gasteiger partial charge in [-0.1, -0.05) is 30.3 Å². The summed E-state index contributed by atoms with van der Waals surface area (Å²) in [5.74, 6) is 1.65. The Hall–Kier alpha value is -3.22. The molecule has 7 heteroatoms. The molecule has 0 fully saturated rings. The molecule has 1 aliphatic rings. The third-order valence-electron chi connectivity index (χ3n) is 5.00. The lowest BCUT2D eigenvalue weighted by molar-refractivity contribution is 0.0694. The molecule has 0 saturated heterocycles. The summed E-state index contributed by atoms with van der Waals surface area (Å²) in [5, 5.41) is 12.6. The summed E-state index contributed by atoms with van der Waals surface area (Å²) >= 11 is 0. The molecular weight excluding hydrogens is 390 g/mol. The molecule has 7 nitrogen and oxygen atoms in total. The topological polar surface area (TPSA) is 86.8 Å². The highest BCUT2D eigenvalue weighted by Gasteiger charge is 2.33. The van der Waals surface area contributed by atoms with Gasteiger partial charge >= 0.3 is 6.03 Å². The van der Waals surface area contributed by atoms with Crippen LogP contribution in [0.2, 0.25) is 0 Å². The summed E-state index contributed by atoms with van der Waals surface area (Å²) in [6, 6.07) is 15.9. The molecule has 1 aliphatic heterocycles. The second-order valence-corrected chi connectivity index (χ2v) is 8.68. The van der Waals surface area contributed by atoms with Crippen molar-refractivity contribution in [3.8, 4) is 5.75 Å². The van der Waals surface area contributed by atoms with Crippen LogP contribution in [0.4, 0.5) is 10.5 Å². The Labute approximate surface area is 184 Å². The Bertz CT molecular complexity index is 922. The first-order chi connectivity index (χ1) is 14.8. The van der Waals surface area contributed by atoms with E-state index in [-0.39, 0.29) is 23.7 Å². The fourth-order valence-corrected chi connectivity index (χ4v) is 3.61. The number of anilines is 1. The predicted octanol–water partition coefficient (Wildman–Crippen LogP) is 4.18. The molecule has 31 heavy (non-hydrogen) atoms. The van der Waals surface area contributed by atoms with Gasteiger partial charge in [-0.25, -0.2) is 4.79 Å². The second-order valence-electron chi connectivity index (χ2n) is 8.68. The number of carbonyl (C=O) groups is 1. The smallest absolute Gasteiger partial charge is 0.319 e. The van der Waals surface area contributed by atoms with Crippen molar-refractivity contribution < 1.29 is 9.53 Å². The SMILES string of the molecule is CN=C(NCc1ccc(NC(=O)NC(C)C)cc1)NC1CC(C)(C)Oc2ccccc21. The van der Waals surface area contributed by atoms with E-state index in [0.29, 0.717) is 6.54 Å². The summed E-state index contributed by atoms with van der Waals surface area (Å²) in [6.45, 7) is 8.67. The number of para-hydroxylation sites is 1. The normalized spacial score (nSPS) is 17.4. The van der Waals surface area contributed by atoms with Gasteiger partial charge < -0.3 is 26.0 Å². The first-order valence-corrected chi connectivity index (χ1v) is 10.7. The third-order valence-corrected chi connectivity index (χ3v) is 5.00. The number of urea groups is 1. The number of hydrogen-bond donors (Lipinski definition) is 4. The molecule has 2 aromatic rings. The second kappa shape index (κ2) is 9.73. The van der Waals surface area contributed by atoms with Crippen LogP contribution in [-0.2, 0) is 6.54 Å². The molecule has 1 unspecified atom stereocenters. The van der Waals surface area contributed by atoms with Gasteiger partial charge in [-0.05, 0) is 51.5 Å². The van der Waals surface area contributed by atoms with Crippen LogP contribution in [0.1, 0.15) is 51.3 Å². The Morgan fingerprint density at radius 3 is 2.55 bits per heavy atom. The van der Waals surface area contributed by atoms with Crippen LogP contribution < -0.4 is 26.0 Å². The lowest BCUT2D eigenvalue weighted by Gasteiger charge is -2.38. The van der Waals surface area contributed by atoms with E-state index in [1.807, 2.05) is 56.3 Å². The van der Waals surface area contributed by atoms with E-state index in [2.05, 4.69) is 46.2 Å². The van der Waals surface area contributed by atoms with E-state index in [1.165, 1.54) is 0 Å². The Kier molecular flexibility index (Phi) is 7.05. The van der Waals surface area contributed by atoms with Gasteiger partial charge in [0.25, 0.3) is 0 Å². The summed E-state index contributed by atoms with van der Waals surface area (Å²) in [4.78, 5) is 16.2. The van der Waals surface area contributed by atoms with Crippen LogP contribution in [0.15, 0.2) is 53.5 Å². The van der Waals surface area contributed by atoms with Crippen molar-refractivity contribution in [2.24, 2.45) is 4.99 Å². The van der Waals surface area contributed by atoms with Gasteiger partial charge in [-0.2, -0.15) is 0 Å². The molecule has 3 rings (SSSR count). The van der Waals surface area contributed by atoms with Gasteiger partial charge in [-0.3, -0.25) is 4.99 Å². The van der Waals surface area contributed by atoms with Crippen molar-refractivity contribution in [2.45, 2.75) is 58.3 Å². The lowest BCUT2D eigenvalue weighted by Crippen LogP contribution is -2.45. The van der Waals surface area contributed by atoms with E-state index < -0.39 is 0 Å². The van der Waals surface area contributed by atoms with Gasteiger partial charge in [0.05, 0.1) is 6.04 Å². The highest BCUT2D eigenvalue weighted by atomic mass is 16.5. The zero-order valence-corrected chi connectivity index (χ0v) is 19.0. The van der Waals surface area contributed by atoms with Gasteiger partial charge in [0.15, 0.2) is 5.96 Å². The number of benzene rings is 2. The fraction of sp³-hybridized carbons (Fsp3) is 0.417. The van der Waals surface area contributed by atoms with Crippen LogP contribution in [0.5, 0.6) is 5.75 Å². The van der Waals surface area contributed by atoms with E-state index >= 15 is 0 Å². The molecular formula is C24H33N5O2. The van der Waals surface area contributed by atoms with Gasteiger partial charge in [0, 0.05) is 37.3 Å². The molecule has 2 amide bonds. The number of guanidine groups is 1. The number of rotatable bonds is 5. The van der Waals surface area contributed by atoms with Crippen LogP contribution in [0.25, 0.3) is 0 Å². The van der Waals surface area contributed by atoms with Crippen LogP contribution >= 0.6 is 0 Å². The first kappa shape index (κ1) is 22.5. The number of carbonyl (C=O) groups excluding carboxylic acids is 1. The van der Waals surface area contributed by atoms with Crippen LogP contribution in [0, 0.1) is 0 Å². The van der Waals surface area contributed by atoms with Gasteiger partial charge in [0.2, 0.25) is 0 Å². The van der Waals surface area contributed by atoms with E-state index in [4.69, 9.17) is 4.74 Å². The van der Waals surface area contributed by atoms with Crippen molar-refractivity contribution in [3.63, 3.8) is 0 Å². The quantitative estimate of drug-likeness (QED) is 0.429. The van der Waals surface area contributed by atoms with E-state index in [9.17, 15) is 4.79 Å². The minimum Gasteiger partial charge on any atom is -0.487 e. The number of fused-ring (bicyclic) bond motifs is 1. The monoisotopic (exact) mass is 423 g/mol. The molecule has 2 aromatic carbocycles. The first-order valence-electron chi connectivity index (χ1n) is 10.7. The Morgan fingerprint density at radius 1 is 1.16 bits per heavy atom. The molecule has 4 N–H and O–H groups in total. The number of nitrogens with zero attached hydrogens (tertiary/aromatic N) is 1. The van der Waals surface area contributed by atoms with Gasteiger partial charge in [-0.15, -0.1) is 0 Å². The number of nitrogens with one attached hydrogen (secondary N) is 4. The van der Waals surface area contributed by atoms with Crippen LogP contribution in [0.3, 0.4) is 0 Å². The largest absolute Gasteiger partial charge is 0.487 e. The van der Waals surface area contributed by atoms with Crippen molar-refractivity contribution in [3.05, 3.63) is 59.7 Å². The zero-order chi connectivity index (χ0) is 22.4. The summed E-state index contributed by atoms with van der Waals surface area (Å²) in [5.41, 5.74) is 2.73. The van der Waals surface area contributed by atoms with E-state index in [1.54, 1.807) is 7.05 Å². The summed E-state index contributed by atoms with van der Waals surface area (Å²) in [6.07, 6.45) is 0.837. The molecule has 0 aromatic heterocycles. The molecule has 0 bridgehead atoms. The van der Waals surface area contributed by atoms with Crippen molar-refractivity contribution >= 4 is 17.7 Å². The number of amides is 2. The molecule has 166 valence electrons. The predicted molar refractivity (Wildman–Crippen MR) is 126 cm³/mol. The third kappa shape index (κ3) is 6.38. The molecule has 1 heterocycles. The molecule has 0 aliphatic carbocycles. The maximum absolute atomic E-state index is 11.8. The van der Waals surface area contributed by atoms with E-state index in [0.717, 1.165) is 34.9 Å². The summed E-state index contributed by atoms with van der Waals surface area (Å²) < 4.78 is 6.12. The highest BCUT2D eigenvalue weighted by Crippen LogP contribution is 2.39. The molecule has 0 spiro atoms. The Balaban J connectivity index is 1.58. The van der Waals surface area contributed by atoms with Crippen LogP contribution in [-0.4, -0.2) is 30.7 Å². The number of hydrogen-bond acceptors (Lipinski definition) is 3. The maximum atomic E-state index is 11.8. The zero-order valence-electron chi connectivity index (χ0n) is 19.0. The molecule has 0 radical (unpaired) electrons. The molecule has 1 atom stereocenters. The maximum Gasteiger partial charge on any atom is 0.319 e. The number of aliphatic imine (C=N–C) groups is 1. The van der Waals surface area contributed by atoms with Crippen molar-refractivity contribution in [1.29, 1.82) is 0 Å².